The van der Waals surface area contributed by atoms with Gasteiger partial charge in [-0.2, -0.15) is 0 Å². The Kier molecular flexibility index (Phi) is 5.89. The van der Waals surface area contributed by atoms with Gasteiger partial charge in [-0.05, 0) is 26.7 Å². The number of nitrogens with zero attached hydrogens (tertiary/aromatic N) is 1. The maximum atomic E-state index is 12.4. The molecular formula is C13H24N2OS. The number of amides is 1. The van der Waals surface area contributed by atoms with E-state index in [-0.39, 0.29) is 17.9 Å². The van der Waals surface area contributed by atoms with Gasteiger partial charge in [0.1, 0.15) is 0 Å². The van der Waals surface area contributed by atoms with E-state index in [1.165, 1.54) is 25.7 Å². The second-order valence-electron chi connectivity index (χ2n) is 5.21. The molecule has 1 rings (SSSR count). The Hall–Kier alpha value is -0.640. The Morgan fingerprint density at radius 1 is 1.29 bits per heavy atom. The Labute approximate surface area is 110 Å². The number of carbonyl (C=O) groups excluding carboxylic acids is 1. The maximum Gasteiger partial charge on any atom is 0.226 e. The Morgan fingerprint density at radius 3 is 2.24 bits per heavy atom. The molecule has 0 aromatic carbocycles. The number of thiocarbonyl (C=S) groups is 1. The molecule has 4 heteroatoms. The lowest BCUT2D eigenvalue weighted by molar-refractivity contribution is -0.136. The summed E-state index contributed by atoms with van der Waals surface area (Å²) in [5.74, 6) is 0.434. The molecule has 3 nitrogen and oxygen atoms in total. The van der Waals surface area contributed by atoms with Crippen molar-refractivity contribution in [1.82, 2.24) is 4.90 Å². The smallest absolute Gasteiger partial charge is 0.226 e. The van der Waals surface area contributed by atoms with E-state index in [1.807, 2.05) is 18.7 Å². The molecule has 98 valence electrons. The fourth-order valence-electron chi connectivity index (χ4n) is 2.44. The molecule has 1 aliphatic rings. The largest absolute Gasteiger partial charge is 0.392 e. The molecule has 1 saturated carbocycles. The first-order valence-corrected chi connectivity index (χ1v) is 7.02. The zero-order valence-corrected chi connectivity index (χ0v) is 11.8. The quantitative estimate of drug-likeness (QED) is 0.621. The average Bonchev–Trinajstić information content (AvgIpc) is 2.52. The predicted molar refractivity (Wildman–Crippen MR) is 74.8 cm³/mol. The number of hydrogen-bond acceptors (Lipinski definition) is 2. The molecule has 1 aliphatic carbocycles. The van der Waals surface area contributed by atoms with Crippen LogP contribution in [0.3, 0.4) is 0 Å². The van der Waals surface area contributed by atoms with Crippen molar-refractivity contribution in [3.63, 3.8) is 0 Å². The summed E-state index contributed by atoms with van der Waals surface area (Å²) in [6.45, 7) is 4.46. The van der Waals surface area contributed by atoms with E-state index in [1.54, 1.807) is 0 Å². The van der Waals surface area contributed by atoms with Crippen molar-refractivity contribution < 1.29 is 4.79 Å². The highest BCUT2D eigenvalue weighted by Gasteiger charge is 2.26. The number of nitrogens with two attached hydrogens (primary N) is 1. The Bertz CT molecular complexity index is 271. The lowest BCUT2D eigenvalue weighted by Crippen LogP contribution is -2.45. The lowest BCUT2D eigenvalue weighted by atomic mass is 9.98. The molecule has 0 radical (unpaired) electrons. The minimum absolute atomic E-state index is 0.173. The molecule has 0 spiro atoms. The second kappa shape index (κ2) is 6.94. The van der Waals surface area contributed by atoms with Crippen LogP contribution in [-0.2, 0) is 4.79 Å². The van der Waals surface area contributed by atoms with Crippen molar-refractivity contribution in [3.8, 4) is 0 Å². The van der Waals surface area contributed by atoms with Crippen molar-refractivity contribution in [2.24, 2.45) is 11.7 Å². The SMILES string of the molecule is CC(C)N(CC(N)=S)C(=O)C1CCCCCC1. The molecule has 2 N–H and O–H groups in total. The first-order chi connectivity index (χ1) is 8.02. The average molecular weight is 256 g/mol. The van der Waals surface area contributed by atoms with Crippen molar-refractivity contribution in [2.45, 2.75) is 58.4 Å². The molecule has 0 aromatic heterocycles. The zero-order chi connectivity index (χ0) is 12.8. The van der Waals surface area contributed by atoms with Gasteiger partial charge in [-0.25, -0.2) is 0 Å². The normalized spacial score (nSPS) is 17.8. The standard InChI is InChI=1S/C13H24N2OS/c1-10(2)15(9-12(14)17)13(16)11-7-5-3-4-6-8-11/h10-11H,3-9H2,1-2H3,(H2,14,17). The lowest BCUT2D eigenvalue weighted by Gasteiger charge is -2.30. The summed E-state index contributed by atoms with van der Waals surface area (Å²) >= 11 is 4.92. The van der Waals surface area contributed by atoms with Gasteiger partial charge in [0.15, 0.2) is 0 Å². The third kappa shape index (κ3) is 4.62. The fraction of sp³-hybridized carbons (Fsp3) is 0.846. The van der Waals surface area contributed by atoms with Crippen LogP contribution in [0.1, 0.15) is 52.4 Å². The second-order valence-corrected chi connectivity index (χ2v) is 5.74. The minimum atomic E-state index is 0.173. The van der Waals surface area contributed by atoms with E-state index in [9.17, 15) is 4.79 Å². The van der Waals surface area contributed by atoms with Gasteiger partial charge in [-0.1, -0.05) is 37.9 Å². The highest BCUT2D eigenvalue weighted by molar-refractivity contribution is 7.80. The van der Waals surface area contributed by atoms with Gasteiger partial charge in [-0.3, -0.25) is 4.79 Å². The topological polar surface area (TPSA) is 46.3 Å². The third-order valence-corrected chi connectivity index (χ3v) is 3.57. The molecule has 0 heterocycles. The maximum absolute atomic E-state index is 12.4. The molecule has 1 amide bonds. The van der Waals surface area contributed by atoms with Crippen molar-refractivity contribution in [1.29, 1.82) is 0 Å². The Morgan fingerprint density at radius 2 is 1.82 bits per heavy atom. The van der Waals surface area contributed by atoms with Gasteiger partial charge in [0.2, 0.25) is 5.91 Å². The first kappa shape index (κ1) is 14.4. The summed E-state index contributed by atoms with van der Waals surface area (Å²) in [4.78, 5) is 14.7. The van der Waals surface area contributed by atoms with Crippen LogP contribution in [-0.4, -0.2) is 28.4 Å². The molecule has 0 saturated heterocycles. The highest BCUT2D eigenvalue weighted by atomic mass is 32.1. The van der Waals surface area contributed by atoms with Crippen molar-refractivity contribution in [3.05, 3.63) is 0 Å². The van der Waals surface area contributed by atoms with Gasteiger partial charge >= 0.3 is 0 Å². The van der Waals surface area contributed by atoms with Gasteiger partial charge in [0.25, 0.3) is 0 Å². The van der Waals surface area contributed by atoms with E-state index in [2.05, 4.69) is 0 Å². The molecule has 0 bridgehead atoms. The van der Waals surface area contributed by atoms with Crippen LogP contribution < -0.4 is 5.73 Å². The van der Waals surface area contributed by atoms with E-state index in [0.29, 0.717) is 11.5 Å². The van der Waals surface area contributed by atoms with Gasteiger partial charge in [-0.15, -0.1) is 0 Å². The summed E-state index contributed by atoms with van der Waals surface area (Å²) in [6.07, 6.45) is 6.94. The van der Waals surface area contributed by atoms with Crippen LogP contribution in [0.5, 0.6) is 0 Å². The Balaban J connectivity index is 2.65. The minimum Gasteiger partial charge on any atom is -0.392 e. The molecule has 0 aliphatic heterocycles. The fourth-order valence-corrected chi connectivity index (χ4v) is 2.58. The molecule has 0 atom stereocenters. The zero-order valence-electron chi connectivity index (χ0n) is 10.9. The molecule has 1 fully saturated rings. The molecule has 0 unspecified atom stereocenters. The first-order valence-electron chi connectivity index (χ1n) is 6.61. The van der Waals surface area contributed by atoms with E-state index < -0.39 is 0 Å². The summed E-state index contributed by atoms with van der Waals surface area (Å²) in [6, 6.07) is 0.173. The van der Waals surface area contributed by atoms with Crippen LogP contribution in [0.2, 0.25) is 0 Å². The summed E-state index contributed by atoms with van der Waals surface area (Å²) in [5, 5.41) is 0. The molecule has 0 aromatic rings. The van der Waals surface area contributed by atoms with Crippen molar-refractivity contribution in [2.75, 3.05) is 6.54 Å². The van der Waals surface area contributed by atoms with Crippen LogP contribution in [0, 0.1) is 5.92 Å². The number of rotatable bonds is 4. The molecular weight excluding hydrogens is 232 g/mol. The van der Waals surface area contributed by atoms with E-state index in [4.69, 9.17) is 18.0 Å². The van der Waals surface area contributed by atoms with E-state index >= 15 is 0 Å². The van der Waals surface area contributed by atoms with Crippen LogP contribution >= 0.6 is 12.2 Å². The summed E-state index contributed by atoms with van der Waals surface area (Å²) in [7, 11) is 0. The number of hydrogen-bond donors (Lipinski definition) is 1. The molecule has 17 heavy (non-hydrogen) atoms. The van der Waals surface area contributed by atoms with Gasteiger partial charge < -0.3 is 10.6 Å². The van der Waals surface area contributed by atoms with Crippen LogP contribution in [0.15, 0.2) is 0 Å². The van der Waals surface area contributed by atoms with E-state index in [0.717, 1.165) is 12.8 Å². The van der Waals surface area contributed by atoms with Gasteiger partial charge in [0.05, 0.1) is 11.5 Å². The van der Waals surface area contributed by atoms with Crippen LogP contribution in [0.25, 0.3) is 0 Å². The summed E-state index contributed by atoms with van der Waals surface area (Å²) in [5.41, 5.74) is 5.57. The summed E-state index contributed by atoms with van der Waals surface area (Å²) < 4.78 is 0. The van der Waals surface area contributed by atoms with Crippen molar-refractivity contribution >= 4 is 23.1 Å². The third-order valence-electron chi connectivity index (χ3n) is 3.44. The number of carbonyl (C=O) groups is 1. The van der Waals surface area contributed by atoms with Crippen LogP contribution in [0.4, 0.5) is 0 Å². The van der Waals surface area contributed by atoms with Gasteiger partial charge in [0, 0.05) is 12.0 Å². The monoisotopic (exact) mass is 256 g/mol. The highest BCUT2D eigenvalue weighted by Crippen LogP contribution is 2.25. The predicted octanol–water partition coefficient (Wildman–Crippen LogP) is 2.48.